The zero-order valence-corrected chi connectivity index (χ0v) is 8.78. The number of oxime groups is 1. The molecule has 1 aromatic carbocycles. The lowest BCUT2D eigenvalue weighted by Crippen LogP contribution is -2.01. The molecule has 3 N–H and O–H groups in total. The van der Waals surface area contributed by atoms with Crippen molar-refractivity contribution in [1.82, 2.24) is 0 Å². The first-order chi connectivity index (χ1) is 6.56. The fraction of sp³-hybridized carbons (Fsp3) is 0.364. The molecule has 76 valence electrons. The van der Waals surface area contributed by atoms with Crippen LogP contribution in [0.3, 0.4) is 0 Å². The molecule has 0 amide bonds. The Morgan fingerprint density at radius 3 is 2.50 bits per heavy atom. The van der Waals surface area contributed by atoms with Crippen LogP contribution in [0.25, 0.3) is 0 Å². The summed E-state index contributed by atoms with van der Waals surface area (Å²) in [7, 11) is 0. The molecule has 1 rings (SSSR count). The summed E-state index contributed by atoms with van der Waals surface area (Å²) in [5.74, 6) is 0.412. The summed E-state index contributed by atoms with van der Waals surface area (Å²) in [6.45, 7) is 5.93. The molecule has 0 atom stereocenters. The van der Waals surface area contributed by atoms with E-state index in [4.69, 9.17) is 10.9 Å². The maximum absolute atomic E-state index is 8.60. The minimum atomic E-state index is 0.412. The molecule has 0 saturated carbocycles. The van der Waals surface area contributed by atoms with E-state index in [-0.39, 0.29) is 0 Å². The summed E-state index contributed by atoms with van der Waals surface area (Å²) in [6.07, 6.45) is 0. The first kappa shape index (κ1) is 10.6. The molecule has 0 aliphatic heterocycles. The second-order valence-corrected chi connectivity index (χ2v) is 3.68. The molecule has 3 heteroatoms. The lowest BCUT2D eigenvalue weighted by molar-refractivity contribution is 0.319. The molecule has 0 spiro atoms. The Balaban J connectivity index is 3.13. The summed E-state index contributed by atoms with van der Waals surface area (Å²) in [4.78, 5) is 0. The van der Waals surface area contributed by atoms with Gasteiger partial charge in [0.1, 0.15) is 0 Å². The van der Waals surface area contributed by atoms with Crippen molar-refractivity contribution in [2.75, 3.05) is 5.73 Å². The summed E-state index contributed by atoms with van der Waals surface area (Å²) in [5, 5.41) is 11.7. The number of rotatable bonds is 2. The van der Waals surface area contributed by atoms with E-state index in [1.807, 2.05) is 18.2 Å². The van der Waals surface area contributed by atoms with Crippen molar-refractivity contribution in [3.63, 3.8) is 0 Å². The topological polar surface area (TPSA) is 58.6 Å². The molecule has 14 heavy (non-hydrogen) atoms. The van der Waals surface area contributed by atoms with Gasteiger partial charge in [-0.2, -0.15) is 0 Å². The smallest absolute Gasteiger partial charge is 0.0837 e. The van der Waals surface area contributed by atoms with Crippen LogP contribution in [-0.2, 0) is 0 Å². The van der Waals surface area contributed by atoms with Gasteiger partial charge in [-0.15, -0.1) is 0 Å². The molecule has 0 fully saturated rings. The van der Waals surface area contributed by atoms with Crippen molar-refractivity contribution in [3.8, 4) is 0 Å². The maximum Gasteiger partial charge on any atom is 0.0837 e. The van der Waals surface area contributed by atoms with Gasteiger partial charge in [0.25, 0.3) is 0 Å². The minimum Gasteiger partial charge on any atom is -0.411 e. The lowest BCUT2D eigenvalue weighted by Gasteiger charge is -2.10. The number of anilines is 1. The van der Waals surface area contributed by atoms with Gasteiger partial charge in [-0.3, -0.25) is 0 Å². The van der Waals surface area contributed by atoms with E-state index in [0.717, 1.165) is 16.8 Å². The van der Waals surface area contributed by atoms with E-state index in [1.54, 1.807) is 6.92 Å². The Morgan fingerprint density at radius 1 is 1.43 bits per heavy atom. The highest BCUT2D eigenvalue weighted by atomic mass is 16.4. The normalized spacial score (nSPS) is 12.1. The molecule has 0 aromatic heterocycles. The second kappa shape index (κ2) is 4.13. The third-order valence-electron chi connectivity index (χ3n) is 2.28. The van der Waals surface area contributed by atoms with Crippen LogP contribution in [0, 0.1) is 0 Å². The molecule has 0 heterocycles. The summed E-state index contributed by atoms with van der Waals surface area (Å²) < 4.78 is 0. The van der Waals surface area contributed by atoms with Crippen LogP contribution in [0.4, 0.5) is 5.69 Å². The van der Waals surface area contributed by atoms with Gasteiger partial charge >= 0.3 is 0 Å². The lowest BCUT2D eigenvalue weighted by atomic mass is 9.98. The summed E-state index contributed by atoms with van der Waals surface area (Å²) in [6, 6.07) is 5.73. The van der Waals surface area contributed by atoms with Gasteiger partial charge in [0.05, 0.1) is 5.71 Å². The Bertz CT molecular complexity index is 356. The van der Waals surface area contributed by atoms with Gasteiger partial charge in [-0.05, 0) is 24.5 Å². The summed E-state index contributed by atoms with van der Waals surface area (Å²) in [5.41, 5.74) is 9.19. The van der Waals surface area contributed by atoms with Crippen molar-refractivity contribution >= 4 is 11.4 Å². The van der Waals surface area contributed by atoms with E-state index in [2.05, 4.69) is 19.0 Å². The average Bonchev–Trinajstić information content (AvgIpc) is 2.15. The molecule has 0 saturated heterocycles. The van der Waals surface area contributed by atoms with Crippen molar-refractivity contribution in [2.45, 2.75) is 26.7 Å². The van der Waals surface area contributed by atoms with Crippen LogP contribution in [0.1, 0.15) is 37.8 Å². The van der Waals surface area contributed by atoms with E-state index >= 15 is 0 Å². The van der Waals surface area contributed by atoms with Crippen LogP contribution in [0.5, 0.6) is 0 Å². The Morgan fingerprint density at radius 2 is 2.07 bits per heavy atom. The van der Waals surface area contributed by atoms with Crippen molar-refractivity contribution in [2.24, 2.45) is 5.16 Å². The number of nitrogens with zero attached hydrogens (tertiary/aromatic N) is 1. The van der Waals surface area contributed by atoms with Crippen LogP contribution in [-0.4, -0.2) is 10.9 Å². The number of hydrogen-bond donors (Lipinski definition) is 2. The predicted octanol–water partition coefficient (Wildman–Crippen LogP) is 2.59. The zero-order valence-electron chi connectivity index (χ0n) is 8.78. The molecule has 0 aliphatic rings. The molecule has 0 unspecified atom stereocenters. The van der Waals surface area contributed by atoms with Gasteiger partial charge in [-0.25, -0.2) is 0 Å². The monoisotopic (exact) mass is 192 g/mol. The molecule has 0 radical (unpaired) electrons. The average molecular weight is 192 g/mol. The number of nitrogen functional groups attached to an aromatic ring is 1. The van der Waals surface area contributed by atoms with E-state index in [9.17, 15) is 0 Å². The molecular weight excluding hydrogens is 176 g/mol. The van der Waals surface area contributed by atoms with Crippen molar-refractivity contribution in [3.05, 3.63) is 29.3 Å². The SMILES string of the molecule is C/C(=N\O)c1ccc(C(C)C)c(N)c1. The van der Waals surface area contributed by atoms with Crippen molar-refractivity contribution < 1.29 is 5.21 Å². The minimum absolute atomic E-state index is 0.412. The molecular formula is C11H16N2O. The zero-order chi connectivity index (χ0) is 10.7. The fourth-order valence-corrected chi connectivity index (χ4v) is 1.38. The standard InChI is InChI=1S/C11H16N2O/c1-7(2)10-5-4-9(6-11(10)12)8(3)13-14/h4-7,14H,12H2,1-3H3/b13-8+. The first-order valence-electron chi connectivity index (χ1n) is 4.64. The van der Waals surface area contributed by atoms with Gasteiger partial charge in [0.2, 0.25) is 0 Å². The highest BCUT2D eigenvalue weighted by Gasteiger charge is 2.06. The van der Waals surface area contributed by atoms with Gasteiger partial charge in [0, 0.05) is 11.3 Å². The van der Waals surface area contributed by atoms with Gasteiger partial charge < -0.3 is 10.9 Å². The fourth-order valence-electron chi connectivity index (χ4n) is 1.38. The van der Waals surface area contributed by atoms with Crippen LogP contribution >= 0.6 is 0 Å². The number of nitrogens with two attached hydrogens (primary N) is 1. The van der Waals surface area contributed by atoms with E-state index in [1.165, 1.54) is 0 Å². The molecule has 1 aromatic rings. The highest BCUT2D eigenvalue weighted by Crippen LogP contribution is 2.22. The van der Waals surface area contributed by atoms with Crippen molar-refractivity contribution in [1.29, 1.82) is 0 Å². The first-order valence-corrected chi connectivity index (χ1v) is 4.64. The largest absolute Gasteiger partial charge is 0.411 e. The predicted molar refractivity (Wildman–Crippen MR) is 58.9 cm³/mol. The number of hydrogen-bond acceptors (Lipinski definition) is 3. The number of benzene rings is 1. The van der Waals surface area contributed by atoms with E-state index < -0.39 is 0 Å². The molecule has 0 aliphatic carbocycles. The van der Waals surface area contributed by atoms with Gasteiger partial charge in [-0.1, -0.05) is 31.1 Å². The van der Waals surface area contributed by atoms with Gasteiger partial charge in [0.15, 0.2) is 0 Å². The maximum atomic E-state index is 8.60. The van der Waals surface area contributed by atoms with Crippen LogP contribution in [0.15, 0.2) is 23.4 Å². The second-order valence-electron chi connectivity index (χ2n) is 3.68. The third-order valence-corrected chi connectivity index (χ3v) is 2.28. The quantitative estimate of drug-likeness (QED) is 0.327. The van der Waals surface area contributed by atoms with Crippen LogP contribution < -0.4 is 5.73 Å². The Kier molecular flexibility index (Phi) is 3.12. The Labute approximate surface area is 84.2 Å². The highest BCUT2D eigenvalue weighted by molar-refractivity contribution is 5.99. The Hall–Kier alpha value is -1.51. The third kappa shape index (κ3) is 2.05. The van der Waals surface area contributed by atoms with E-state index in [0.29, 0.717) is 11.6 Å². The van der Waals surface area contributed by atoms with Crippen LogP contribution in [0.2, 0.25) is 0 Å². The summed E-state index contributed by atoms with van der Waals surface area (Å²) >= 11 is 0. The molecule has 3 nitrogen and oxygen atoms in total. The molecule has 0 bridgehead atoms.